The molecule has 4 rings (SSSR count). The second kappa shape index (κ2) is 6.27. The number of carbonyl (C=O) groups excluding carboxylic acids is 1. The third kappa shape index (κ3) is 2.80. The molecule has 0 saturated carbocycles. The zero-order valence-electron chi connectivity index (χ0n) is 13.2. The van der Waals surface area contributed by atoms with Gasteiger partial charge in [0.2, 0.25) is 0 Å². The van der Waals surface area contributed by atoms with Crippen molar-refractivity contribution in [2.45, 2.75) is 19.3 Å². The Kier molecular flexibility index (Phi) is 3.82. The van der Waals surface area contributed by atoms with Gasteiger partial charge < -0.3 is 10.2 Å². The Hall–Kier alpha value is -2.96. The van der Waals surface area contributed by atoms with Crippen molar-refractivity contribution in [1.29, 1.82) is 0 Å². The van der Waals surface area contributed by atoms with Crippen LogP contribution in [0.3, 0.4) is 0 Å². The normalized spacial score (nSPS) is 14.8. The average molecular weight is 322 g/mol. The number of piperidine rings is 1. The first-order chi connectivity index (χ1) is 11.8. The highest BCUT2D eigenvalue weighted by Crippen LogP contribution is 2.23. The van der Waals surface area contributed by atoms with Gasteiger partial charge in [0.05, 0.1) is 5.56 Å². The number of amides is 1. The first kappa shape index (κ1) is 14.6. The van der Waals surface area contributed by atoms with E-state index in [0.717, 1.165) is 42.8 Å². The summed E-state index contributed by atoms with van der Waals surface area (Å²) >= 11 is 0. The molecule has 0 atom stereocenters. The van der Waals surface area contributed by atoms with E-state index in [4.69, 9.17) is 0 Å². The van der Waals surface area contributed by atoms with Gasteiger partial charge in [-0.2, -0.15) is 15.4 Å². The SMILES string of the molecule is O=C(Nc1ccc2n[nH]nc2c1)c1cccnc1N1CCCCC1. The van der Waals surface area contributed by atoms with Crippen molar-refractivity contribution >= 4 is 28.4 Å². The fourth-order valence-corrected chi connectivity index (χ4v) is 3.05. The second-order valence-corrected chi connectivity index (χ2v) is 5.90. The third-order valence-electron chi connectivity index (χ3n) is 4.26. The molecule has 1 fully saturated rings. The predicted octanol–water partition coefficient (Wildman–Crippen LogP) is 2.60. The molecule has 0 aliphatic carbocycles. The Morgan fingerprint density at radius 3 is 2.79 bits per heavy atom. The summed E-state index contributed by atoms with van der Waals surface area (Å²) in [6, 6.07) is 9.06. The monoisotopic (exact) mass is 322 g/mol. The number of rotatable bonds is 3. The minimum absolute atomic E-state index is 0.161. The highest BCUT2D eigenvalue weighted by atomic mass is 16.1. The van der Waals surface area contributed by atoms with Crippen LogP contribution in [0, 0.1) is 0 Å². The van der Waals surface area contributed by atoms with Crippen molar-refractivity contribution in [3.8, 4) is 0 Å². The van der Waals surface area contributed by atoms with Gasteiger partial charge in [-0.15, -0.1) is 0 Å². The number of carbonyl (C=O) groups is 1. The first-order valence-corrected chi connectivity index (χ1v) is 8.13. The summed E-state index contributed by atoms with van der Waals surface area (Å²) < 4.78 is 0. The highest BCUT2D eigenvalue weighted by molar-refractivity contribution is 6.08. The molecule has 2 aromatic heterocycles. The summed E-state index contributed by atoms with van der Waals surface area (Å²) in [5, 5.41) is 13.6. The van der Waals surface area contributed by atoms with E-state index in [1.54, 1.807) is 18.3 Å². The fraction of sp³-hybridized carbons (Fsp3) is 0.294. The lowest BCUT2D eigenvalue weighted by Crippen LogP contribution is -2.32. The molecular weight excluding hydrogens is 304 g/mol. The molecule has 1 aromatic carbocycles. The minimum Gasteiger partial charge on any atom is -0.356 e. The van der Waals surface area contributed by atoms with Crippen molar-refractivity contribution < 1.29 is 4.79 Å². The van der Waals surface area contributed by atoms with Crippen LogP contribution in [0.2, 0.25) is 0 Å². The fourth-order valence-electron chi connectivity index (χ4n) is 3.05. The number of H-pyrrole nitrogens is 1. The lowest BCUT2D eigenvalue weighted by molar-refractivity contribution is 0.102. The van der Waals surface area contributed by atoms with E-state index in [2.05, 4.69) is 30.6 Å². The predicted molar refractivity (Wildman–Crippen MR) is 92.1 cm³/mol. The summed E-state index contributed by atoms with van der Waals surface area (Å²) in [7, 11) is 0. The molecule has 3 aromatic rings. The molecule has 1 amide bonds. The van der Waals surface area contributed by atoms with Gasteiger partial charge in [0.25, 0.3) is 5.91 Å². The van der Waals surface area contributed by atoms with Crippen LogP contribution in [-0.2, 0) is 0 Å². The van der Waals surface area contributed by atoms with Crippen LogP contribution < -0.4 is 10.2 Å². The molecule has 3 heterocycles. The summed E-state index contributed by atoms with van der Waals surface area (Å²) in [5.41, 5.74) is 2.77. The zero-order valence-corrected chi connectivity index (χ0v) is 13.2. The van der Waals surface area contributed by atoms with E-state index in [1.807, 2.05) is 18.2 Å². The number of aromatic amines is 1. The summed E-state index contributed by atoms with van der Waals surface area (Å²) in [5.74, 6) is 0.601. The molecule has 1 aliphatic heterocycles. The van der Waals surface area contributed by atoms with Crippen molar-refractivity contribution in [2.24, 2.45) is 0 Å². The Bertz CT molecular complexity index is 868. The molecule has 2 N–H and O–H groups in total. The number of anilines is 2. The highest BCUT2D eigenvalue weighted by Gasteiger charge is 2.19. The van der Waals surface area contributed by atoms with E-state index >= 15 is 0 Å². The lowest BCUT2D eigenvalue weighted by atomic mass is 10.1. The Balaban J connectivity index is 1.59. The lowest BCUT2D eigenvalue weighted by Gasteiger charge is -2.29. The number of nitrogens with zero attached hydrogens (tertiary/aromatic N) is 4. The van der Waals surface area contributed by atoms with Gasteiger partial charge in [-0.25, -0.2) is 4.98 Å². The molecule has 0 unspecified atom stereocenters. The van der Waals surface area contributed by atoms with E-state index in [0.29, 0.717) is 11.3 Å². The molecule has 7 heteroatoms. The maximum absolute atomic E-state index is 12.7. The number of fused-ring (bicyclic) bond motifs is 1. The molecule has 1 saturated heterocycles. The van der Waals surface area contributed by atoms with E-state index in [-0.39, 0.29) is 5.91 Å². The van der Waals surface area contributed by atoms with Crippen LogP contribution in [-0.4, -0.2) is 39.4 Å². The number of benzene rings is 1. The third-order valence-corrected chi connectivity index (χ3v) is 4.26. The van der Waals surface area contributed by atoms with Crippen molar-refractivity contribution in [3.63, 3.8) is 0 Å². The first-order valence-electron chi connectivity index (χ1n) is 8.13. The molecule has 122 valence electrons. The molecule has 7 nitrogen and oxygen atoms in total. The van der Waals surface area contributed by atoms with E-state index in [9.17, 15) is 4.79 Å². The number of pyridine rings is 1. The van der Waals surface area contributed by atoms with Crippen molar-refractivity contribution in [1.82, 2.24) is 20.4 Å². The number of hydrogen-bond donors (Lipinski definition) is 2. The Labute approximate surface area is 139 Å². The Morgan fingerprint density at radius 1 is 1.08 bits per heavy atom. The largest absolute Gasteiger partial charge is 0.356 e. The van der Waals surface area contributed by atoms with Gasteiger partial charge in [-0.3, -0.25) is 4.79 Å². The molecular formula is C17H18N6O. The quantitative estimate of drug-likeness (QED) is 0.774. The molecule has 0 bridgehead atoms. The molecule has 0 spiro atoms. The summed E-state index contributed by atoms with van der Waals surface area (Å²) in [6.07, 6.45) is 5.26. The van der Waals surface area contributed by atoms with Crippen LogP contribution in [0.25, 0.3) is 11.0 Å². The van der Waals surface area contributed by atoms with Crippen LogP contribution in [0.4, 0.5) is 11.5 Å². The van der Waals surface area contributed by atoms with Gasteiger partial charge in [0, 0.05) is 25.0 Å². The van der Waals surface area contributed by atoms with Crippen LogP contribution in [0.15, 0.2) is 36.5 Å². The topological polar surface area (TPSA) is 86.8 Å². The number of nitrogens with one attached hydrogen (secondary N) is 2. The van der Waals surface area contributed by atoms with Crippen LogP contribution in [0.1, 0.15) is 29.6 Å². The minimum atomic E-state index is -0.161. The van der Waals surface area contributed by atoms with Crippen molar-refractivity contribution in [3.05, 3.63) is 42.1 Å². The number of aromatic nitrogens is 4. The molecule has 1 aliphatic rings. The van der Waals surface area contributed by atoms with Crippen molar-refractivity contribution in [2.75, 3.05) is 23.3 Å². The smallest absolute Gasteiger partial charge is 0.259 e. The maximum atomic E-state index is 12.7. The van der Waals surface area contributed by atoms with Crippen LogP contribution in [0.5, 0.6) is 0 Å². The van der Waals surface area contributed by atoms with Gasteiger partial charge in [-0.1, -0.05) is 0 Å². The second-order valence-electron chi connectivity index (χ2n) is 5.90. The standard InChI is InChI=1S/C17H18N6O/c24-17(19-12-6-7-14-15(11-12)21-22-20-14)13-5-4-8-18-16(13)23-9-2-1-3-10-23/h4-8,11H,1-3,9-10H2,(H,19,24)(H,20,21,22). The summed E-state index contributed by atoms with van der Waals surface area (Å²) in [6.45, 7) is 1.89. The van der Waals surface area contributed by atoms with E-state index in [1.165, 1.54) is 6.42 Å². The van der Waals surface area contributed by atoms with Gasteiger partial charge in [0.1, 0.15) is 16.9 Å². The maximum Gasteiger partial charge on any atom is 0.259 e. The number of hydrogen-bond acceptors (Lipinski definition) is 5. The van der Waals surface area contributed by atoms with E-state index < -0.39 is 0 Å². The van der Waals surface area contributed by atoms with Gasteiger partial charge in [-0.05, 0) is 49.6 Å². The van der Waals surface area contributed by atoms with Gasteiger partial charge >= 0.3 is 0 Å². The van der Waals surface area contributed by atoms with Crippen LogP contribution >= 0.6 is 0 Å². The average Bonchev–Trinajstić information content (AvgIpc) is 3.10. The Morgan fingerprint density at radius 2 is 1.92 bits per heavy atom. The summed E-state index contributed by atoms with van der Waals surface area (Å²) in [4.78, 5) is 19.4. The van der Waals surface area contributed by atoms with Gasteiger partial charge in [0.15, 0.2) is 0 Å². The zero-order chi connectivity index (χ0) is 16.4. The molecule has 24 heavy (non-hydrogen) atoms. The molecule has 0 radical (unpaired) electrons.